The van der Waals surface area contributed by atoms with Gasteiger partial charge in [0, 0.05) is 20.1 Å². The fourth-order valence-corrected chi connectivity index (χ4v) is 1.74. The molecule has 102 valence electrons. The fourth-order valence-electron chi connectivity index (χ4n) is 1.74. The van der Waals surface area contributed by atoms with Gasteiger partial charge in [0.1, 0.15) is 5.82 Å². The van der Waals surface area contributed by atoms with Crippen LogP contribution in [0.5, 0.6) is 0 Å². The van der Waals surface area contributed by atoms with E-state index in [0.717, 1.165) is 12.1 Å². The lowest BCUT2D eigenvalue weighted by Crippen LogP contribution is -2.23. The van der Waals surface area contributed by atoms with Gasteiger partial charge in [0.25, 0.3) is 0 Å². The summed E-state index contributed by atoms with van der Waals surface area (Å²) in [5.74, 6) is -0.210. The van der Waals surface area contributed by atoms with Crippen molar-refractivity contribution in [3.8, 4) is 0 Å². The first-order chi connectivity index (χ1) is 8.54. The van der Waals surface area contributed by atoms with Crippen LogP contribution in [0, 0.1) is 5.82 Å². The molecule has 0 aliphatic carbocycles. The summed E-state index contributed by atoms with van der Waals surface area (Å²) in [4.78, 5) is 1.83. The molecule has 0 saturated carbocycles. The van der Waals surface area contributed by atoms with Crippen LogP contribution in [0.25, 0.3) is 0 Å². The van der Waals surface area contributed by atoms with Gasteiger partial charge < -0.3 is 15.3 Å². The van der Waals surface area contributed by atoms with Gasteiger partial charge in [0.2, 0.25) is 0 Å². The Labute approximate surface area is 109 Å². The number of aliphatic hydroxyl groups is 1. The summed E-state index contributed by atoms with van der Waals surface area (Å²) < 4.78 is 13.9. The predicted octanol–water partition coefficient (Wildman–Crippen LogP) is 2.14. The van der Waals surface area contributed by atoms with Crippen LogP contribution in [-0.2, 0) is 6.54 Å². The maximum atomic E-state index is 13.9. The highest BCUT2D eigenvalue weighted by molar-refractivity contribution is 5.48. The first-order valence-corrected chi connectivity index (χ1v) is 6.43. The highest BCUT2D eigenvalue weighted by Crippen LogP contribution is 2.19. The van der Waals surface area contributed by atoms with E-state index in [0.29, 0.717) is 25.2 Å². The van der Waals surface area contributed by atoms with E-state index in [2.05, 4.69) is 5.32 Å². The lowest BCUT2D eigenvalue weighted by atomic mass is 10.1. The minimum Gasteiger partial charge on any atom is -0.393 e. The number of nitrogens with one attached hydrogen (secondary N) is 1. The van der Waals surface area contributed by atoms with E-state index >= 15 is 0 Å². The van der Waals surface area contributed by atoms with Crippen molar-refractivity contribution in [2.75, 3.05) is 25.0 Å². The molecule has 1 rings (SSSR count). The molecule has 1 atom stereocenters. The Balaban J connectivity index is 2.66. The topological polar surface area (TPSA) is 35.5 Å². The quantitative estimate of drug-likeness (QED) is 0.782. The minimum atomic E-state index is -0.358. The second kappa shape index (κ2) is 7.34. The predicted molar refractivity (Wildman–Crippen MR) is 73.3 cm³/mol. The first-order valence-electron chi connectivity index (χ1n) is 6.43. The smallest absolute Gasteiger partial charge is 0.146 e. The van der Waals surface area contributed by atoms with E-state index in [4.69, 9.17) is 0 Å². The number of halogens is 1. The lowest BCUT2D eigenvalue weighted by molar-refractivity contribution is 0.187. The normalized spacial score (nSPS) is 12.5. The molecule has 0 aliphatic heterocycles. The molecule has 0 heterocycles. The molecule has 0 radical (unpaired) electrons. The fraction of sp³-hybridized carbons (Fsp3) is 0.571. The van der Waals surface area contributed by atoms with Crippen LogP contribution in [0.2, 0.25) is 0 Å². The standard InChI is InChI=1S/C14H23FN2O/c1-4-16-10-12-5-6-14(13(15)9-12)17(3)8-7-11(2)18/h5-6,9,11,16,18H,4,7-8,10H2,1-3H3. The summed E-state index contributed by atoms with van der Waals surface area (Å²) in [6.45, 7) is 5.96. The van der Waals surface area contributed by atoms with Crippen molar-refractivity contribution in [1.29, 1.82) is 0 Å². The summed E-state index contributed by atoms with van der Waals surface area (Å²) in [5, 5.41) is 12.4. The van der Waals surface area contributed by atoms with Gasteiger partial charge in [-0.15, -0.1) is 0 Å². The Hall–Kier alpha value is -1.13. The Bertz CT molecular complexity index is 369. The summed E-state index contributed by atoms with van der Waals surface area (Å²) in [5.41, 5.74) is 1.53. The third-order valence-corrected chi connectivity index (χ3v) is 2.88. The third kappa shape index (κ3) is 4.63. The van der Waals surface area contributed by atoms with Gasteiger partial charge in [-0.05, 0) is 37.6 Å². The molecule has 4 heteroatoms. The zero-order chi connectivity index (χ0) is 13.5. The zero-order valence-corrected chi connectivity index (χ0v) is 11.4. The highest BCUT2D eigenvalue weighted by atomic mass is 19.1. The summed E-state index contributed by atoms with van der Waals surface area (Å²) in [6, 6.07) is 5.29. The summed E-state index contributed by atoms with van der Waals surface area (Å²) in [7, 11) is 1.84. The molecule has 1 aromatic rings. The lowest BCUT2D eigenvalue weighted by Gasteiger charge is -2.21. The van der Waals surface area contributed by atoms with E-state index in [1.165, 1.54) is 0 Å². The van der Waals surface area contributed by atoms with Gasteiger partial charge in [-0.25, -0.2) is 4.39 Å². The van der Waals surface area contributed by atoms with Crippen molar-refractivity contribution >= 4 is 5.69 Å². The van der Waals surface area contributed by atoms with Crippen LogP contribution in [0.15, 0.2) is 18.2 Å². The van der Waals surface area contributed by atoms with Gasteiger partial charge in [0.05, 0.1) is 11.8 Å². The molecule has 0 fully saturated rings. The third-order valence-electron chi connectivity index (χ3n) is 2.88. The molecular formula is C14H23FN2O. The SMILES string of the molecule is CCNCc1ccc(N(C)CCC(C)O)c(F)c1. The van der Waals surface area contributed by atoms with E-state index in [-0.39, 0.29) is 11.9 Å². The number of aliphatic hydroxyl groups excluding tert-OH is 1. The maximum absolute atomic E-state index is 13.9. The van der Waals surface area contributed by atoms with Crippen LogP contribution in [0.1, 0.15) is 25.8 Å². The van der Waals surface area contributed by atoms with Crippen LogP contribution in [0.4, 0.5) is 10.1 Å². The first kappa shape index (κ1) is 14.9. The average Bonchev–Trinajstić information content (AvgIpc) is 2.33. The van der Waals surface area contributed by atoms with Crippen molar-refractivity contribution in [3.05, 3.63) is 29.6 Å². The molecule has 0 saturated heterocycles. The van der Waals surface area contributed by atoms with E-state index < -0.39 is 0 Å². The van der Waals surface area contributed by atoms with Gasteiger partial charge in [-0.3, -0.25) is 0 Å². The molecule has 0 amide bonds. The van der Waals surface area contributed by atoms with Gasteiger partial charge >= 0.3 is 0 Å². The summed E-state index contributed by atoms with van der Waals surface area (Å²) >= 11 is 0. The Morgan fingerprint density at radius 2 is 2.17 bits per heavy atom. The Morgan fingerprint density at radius 1 is 1.44 bits per heavy atom. The van der Waals surface area contributed by atoms with Crippen molar-refractivity contribution in [2.24, 2.45) is 0 Å². The van der Waals surface area contributed by atoms with Gasteiger partial charge in [-0.2, -0.15) is 0 Å². The minimum absolute atomic E-state index is 0.210. The van der Waals surface area contributed by atoms with Crippen LogP contribution in [0.3, 0.4) is 0 Å². The molecule has 0 aliphatic rings. The van der Waals surface area contributed by atoms with Crippen LogP contribution in [-0.4, -0.2) is 31.3 Å². The molecule has 2 N–H and O–H groups in total. The second-order valence-corrected chi connectivity index (χ2v) is 4.63. The van der Waals surface area contributed by atoms with Crippen molar-refractivity contribution in [3.63, 3.8) is 0 Å². The van der Waals surface area contributed by atoms with Gasteiger partial charge in [-0.1, -0.05) is 13.0 Å². The number of nitrogens with zero attached hydrogens (tertiary/aromatic N) is 1. The second-order valence-electron chi connectivity index (χ2n) is 4.63. The number of anilines is 1. The maximum Gasteiger partial charge on any atom is 0.146 e. The molecule has 0 aromatic heterocycles. The molecule has 0 spiro atoms. The number of hydrogen-bond acceptors (Lipinski definition) is 3. The Morgan fingerprint density at radius 3 is 2.72 bits per heavy atom. The van der Waals surface area contributed by atoms with Crippen LogP contribution < -0.4 is 10.2 Å². The summed E-state index contributed by atoms with van der Waals surface area (Å²) in [6.07, 6.45) is 0.276. The molecule has 3 nitrogen and oxygen atoms in total. The van der Waals surface area contributed by atoms with E-state index in [1.807, 2.05) is 24.9 Å². The number of rotatable bonds is 7. The molecule has 0 bridgehead atoms. The highest BCUT2D eigenvalue weighted by Gasteiger charge is 2.09. The Kier molecular flexibility index (Phi) is 6.09. The number of hydrogen-bond donors (Lipinski definition) is 2. The average molecular weight is 254 g/mol. The van der Waals surface area contributed by atoms with Crippen molar-refractivity contribution in [1.82, 2.24) is 5.32 Å². The molecule has 18 heavy (non-hydrogen) atoms. The monoisotopic (exact) mass is 254 g/mol. The van der Waals surface area contributed by atoms with Gasteiger partial charge in [0.15, 0.2) is 0 Å². The van der Waals surface area contributed by atoms with Crippen molar-refractivity contribution in [2.45, 2.75) is 32.9 Å². The van der Waals surface area contributed by atoms with Crippen LogP contribution >= 0.6 is 0 Å². The molecule has 1 unspecified atom stereocenters. The van der Waals surface area contributed by atoms with E-state index in [1.54, 1.807) is 19.1 Å². The zero-order valence-electron chi connectivity index (χ0n) is 11.4. The number of benzene rings is 1. The van der Waals surface area contributed by atoms with Crippen molar-refractivity contribution < 1.29 is 9.50 Å². The molecular weight excluding hydrogens is 231 g/mol. The van der Waals surface area contributed by atoms with E-state index in [9.17, 15) is 9.50 Å². The molecule has 1 aromatic carbocycles. The largest absolute Gasteiger partial charge is 0.393 e.